The molecule has 0 fully saturated rings. The number of ether oxygens (including phenoxy) is 2. The summed E-state index contributed by atoms with van der Waals surface area (Å²) in [4.78, 5) is 15.8. The average molecular weight is 375 g/mol. The predicted octanol–water partition coefficient (Wildman–Crippen LogP) is 4.08. The van der Waals surface area contributed by atoms with E-state index in [1.165, 1.54) is 25.3 Å². The third-order valence-electron chi connectivity index (χ3n) is 2.90. The van der Waals surface area contributed by atoms with Crippen molar-refractivity contribution in [2.45, 2.75) is 19.2 Å². The van der Waals surface area contributed by atoms with Gasteiger partial charge in [0.25, 0.3) is 5.91 Å². The molecule has 5 nitrogen and oxygen atoms in total. The normalized spacial score (nSPS) is 12.4. The third-order valence-corrected chi connectivity index (χ3v) is 3.21. The minimum absolute atomic E-state index is 0.198. The van der Waals surface area contributed by atoms with Crippen molar-refractivity contribution in [2.24, 2.45) is 0 Å². The number of para-hydroxylation sites is 1. The first-order chi connectivity index (χ1) is 11.7. The lowest BCUT2D eigenvalue weighted by Crippen LogP contribution is -2.30. The standard InChI is InChI=1S/C16H14ClF3N2O3/c1-10(25-13-5-3-2-4-12(13)17)15(23)22-11-6-7-14(21-8-11)24-9-16(18,19)20/h2-8,10H,9H2,1H3,(H,22,23)/t10-/m1/s1. The SMILES string of the molecule is C[C@@H](Oc1ccccc1Cl)C(=O)Nc1ccc(OCC(F)(F)F)nc1. The molecule has 0 bridgehead atoms. The fraction of sp³-hybridized carbons (Fsp3) is 0.250. The van der Waals surface area contributed by atoms with Crippen LogP contribution >= 0.6 is 11.6 Å². The molecule has 1 aromatic carbocycles. The maximum absolute atomic E-state index is 12.1. The van der Waals surface area contributed by atoms with Crippen molar-refractivity contribution in [2.75, 3.05) is 11.9 Å². The number of hydrogen-bond donors (Lipinski definition) is 1. The summed E-state index contributed by atoms with van der Waals surface area (Å²) in [7, 11) is 0. The Balaban J connectivity index is 1.90. The summed E-state index contributed by atoms with van der Waals surface area (Å²) < 4.78 is 46.1. The van der Waals surface area contributed by atoms with Gasteiger partial charge in [-0.2, -0.15) is 13.2 Å². The molecule has 9 heteroatoms. The van der Waals surface area contributed by atoms with Gasteiger partial charge in [-0.05, 0) is 25.1 Å². The van der Waals surface area contributed by atoms with E-state index in [-0.39, 0.29) is 5.88 Å². The number of anilines is 1. The molecule has 1 N–H and O–H groups in total. The van der Waals surface area contributed by atoms with E-state index in [1.54, 1.807) is 24.3 Å². The summed E-state index contributed by atoms with van der Waals surface area (Å²) in [6.45, 7) is 0.0985. The van der Waals surface area contributed by atoms with Crippen molar-refractivity contribution in [3.8, 4) is 11.6 Å². The van der Waals surface area contributed by atoms with Gasteiger partial charge in [-0.3, -0.25) is 4.79 Å². The Morgan fingerprint density at radius 2 is 2.00 bits per heavy atom. The van der Waals surface area contributed by atoms with Gasteiger partial charge in [-0.25, -0.2) is 4.98 Å². The Morgan fingerprint density at radius 3 is 2.60 bits per heavy atom. The molecule has 2 aromatic rings. The van der Waals surface area contributed by atoms with Crippen molar-refractivity contribution in [1.82, 2.24) is 4.98 Å². The van der Waals surface area contributed by atoms with Crippen LogP contribution in [0.25, 0.3) is 0 Å². The highest BCUT2D eigenvalue weighted by molar-refractivity contribution is 6.32. The van der Waals surface area contributed by atoms with Gasteiger partial charge in [-0.1, -0.05) is 23.7 Å². The summed E-state index contributed by atoms with van der Waals surface area (Å²) in [6, 6.07) is 9.30. The molecule has 1 heterocycles. The Morgan fingerprint density at radius 1 is 1.28 bits per heavy atom. The van der Waals surface area contributed by atoms with Crippen LogP contribution < -0.4 is 14.8 Å². The van der Waals surface area contributed by atoms with E-state index in [0.717, 1.165) is 0 Å². The highest BCUT2D eigenvalue weighted by Gasteiger charge is 2.28. The van der Waals surface area contributed by atoms with E-state index in [1.807, 2.05) is 0 Å². The predicted molar refractivity (Wildman–Crippen MR) is 86.0 cm³/mol. The van der Waals surface area contributed by atoms with Crippen LogP contribution in [0, 0.1) is 0 Å². The molecular formula is C16H14ClF3N2O3. The van der Waals surface area contributed by atoms with E-state index in [4.69, 9.17) is 16.3 Å². The first kappa shape index (κ1) is 18.9. The molecule has 0 saturated carbocycles. The van der Waals surface area contributed by atoms with Crippen molar-refractivity contribution in [3.05, 3.63) is 47.6 Å². The maximum Gasteiger partial charge on any atom is 0.422 e. The van der Waals surface area contributed by atoms with Crippen LogP contribution in [-0.4, -0.2) is 29.8 Å². The second kappa shape index (κ2) is 8.06. The van der Waals surface area contributed by atoms with Crippen LogP contribution in [0.15, 0.2) is 42.6 Å². The molecule has 25 heavy (non-hydrogen) atoms. The number of rotatable bonds is 6. The Hall–Kier alpha value is -2.48. The number of halogens is 4. The molecular weight excluding hydrogens is 361 g/mol. The van der Waals surface area contributed by atoms with Gasteiger partial charge in [0, 0.05) is 6.07 Å². The number of carbonyl (C=O) groups is 1. The number of pyridine rings is 1. The van der Waals surface area contributed by atoms with E-state index >= 15 is 0 Å². The van der Waals surface area contributed by atoms with Crippen molar-refractivity contribution in [1.29, 1.82) is 0 Å². The second-order valence-electron chi connectivity index (χ2n) is 4.97. The molecule has 134 valence electrons. The number of nitrogens with one attached hydrogen (secondary N) is 1. The largest absolute Gasteiger partial charge is 0.479 e. The monoisotopic (exact) mass is 374 g/mol. The van der Waals surface area contributed by atoms with Gasteiger partial charge in [-0.15, -0.1) is 0 Å². The molecule has 2 rings (SSSR count). The minimum atomic E-state index is -4.44. The number of benzene rings is 1. The molecule has 0 saturated heterocycles. The minimum Gasteiger partial charge on any atom is -0.479 e. The summed E-state index contributed by atoms with van der Waals surface area (Å²) in [5.41, 5.74) is 0.291. The van der Waals surface area contributed by atoms with Gasteiger partial charge < -0.3 is 14.8 Å². The van der Waals surface area contributed by atoms with Gasteiger partial charge in [0.1, 0.15) is 5.75 Å². The smallest absolute Gasteiger partial charge is 0.422 e. The maximum atomic E-state index is 12.1. The van der Waals surface area contributed by atoms with Crippen LogP contribution in [0.1, 0.15) is 6.92 Å². The molecule has 0 aliphatic rings. The topological polar surface area (TPSA) is 60.5 Å². The second-order valence-corrected chi connectivity index (χ2v) is 5.38. The number of hydrogen-bond acceptors (Lipinski definition) is 4. The summed E-state index contributed by atoms with van der Waals surface area (Å²) in [5.74, 6) is -0.304. The molecule has 0 aliphatic heterocycles. The highest BCUT2D eigenvalue weighted by Crippen LogP contribution is 2.24. The number of nitrogens with zero attached hydrogens (tertiary/aromatic N) is 1. The zero-order valence-corrected chi connectivity index (χ0v) is 13.8. The van der Waals surface area contributed by atoms with Crippen molar-refractivity contribution >= 4 is 23.2 Å². The lowest BCUT2D eigenvalue weighted by molar-refractivity contribution is -0.154. The van der Waals surface area contributed by atoms with E-state index in [0.29, 0.717) is 16.5 Å². The van der Waals surface area contributed by atoms with Crippen LogP contribution in [0.4, 0.5) is 18.9 Å². The van der Waals surface area contributed by atoms with Crippen LogP contribution in [0.2, 0.25) is 5.02 Å². The number of aromatic nitrogens is 1. The Kier molecular flexibility index (Phi) is 6.08. The average Bonchev–Trinajstić information content (AvgIpc) is 2.55. The molecule has 1 aromatic heterocycles. The first-order valence-electron chi connectivity index (χ1n) is 7.12. The van der Waals surface area contributed by atoms with Crippen LogP contribution in [0.5, 0.6) is 11.6 Å². The van der Waals surface area contributed by atoms with Crippen molar-refractivity contribution in [3.63, 3.8) is 0 Å². The van der Waals surface area contributed by atoms with Crippen LogP contribution in [-0.2, 0) is 4.79 Å². The lowest BCUT2D eigenvalue weighted by atomic mass is 10.3. The third kappa shape index (κ3) is 6.15. The lowest BCUT2D eigenvalue weighted by Gasteiger charge is -2.15. The zero-order chi connectivity index (χ0) is 18.4. The molecule has 0 radical (unpaired) electrons. The van der Waals surface area contributed by atoms with E-state index in [2.05, 4.69) is 15.0 Å². The molecule has 0 aliphatic carbocycles. The fourth-order valence-corrected chi connectivity index (χ4v) is 1.90. The summed E-state index contributed by atoms with van der Waals surface area (Å²) >= 11 is 5.95. The number of alkyl halides is 3. The molecule has 1 atom stereocenters. The quantitative estimate of drug-likeness (QED) is 0.827. The Labute approximate surface area is 146 Å². The van der Waals surface area contributed by atoms with Crippen LogP contribution in [0.3, 0.4) is 0 Å². The molecule has 0 unspecified atom stereocenters. The Bertz CT molecular complexity index is 723. The number of carbonyl (C=O) groups excluding carboxylic acids is 1. The molecule has 0 spiro atoms. The van der Waals surface area contributed by atoms with E-state index in [9.17, 15) is 18.0 Å². The zero-order valence-electron chi connectivity index (χ0n) is 13.0. The summed E-state index contributed by atoms with van der Waals surface area (Å²) in [5, 5.41) is 2.90. The van der Waals surface area contributed by atoms with E-state index < -0.39 is 24.8 Å². The fourth-order valence-electron chi connectivity index (χ4n) is 1.72. The van der Waals surface area contributed by atoms with Gasteiger partial charge >= 0.3 is 6.18 Å². The summed E-state index contributed by atoms with van der Waals surface area (Å²) in [6.07, 6.45) is -4.10. The molecule has 1 amide bonds. The first-order valence-corrected chi connectivity index (χ1v) is 7.50. The van der Waals surface area contributed by atoms with Gasteiger partial charge in [0.2, 0.25) is 5.88 Å². The van der Waals surface area contributed by atoms with Gasteiger partial charge in [0.15, 0.2) is 12.7 Å². The van der Waals surface area contributed by atoms with Gasteiger partial charge in [0.05, 0.1) is 16.9 Å². The highest BCUT2D eigenvalue weighted by atomic mass is 35.5. The number of amides is 1. The van der Waals surface area contributed by atoms with Crippen molar-refractivity contribution < 1.29 is 27.4 Å².